The molecular formula is C11H11N3OS. The lowest BCUT2D eigenvalue weighted by Crippen LogP contribution is -1.89. The van der Waals surface area contributed by atoms with Crippen LogP contribution in [-0.4, -0.2) is 22.3 Å². The van der Waals surface area contributed by atoms with Gasteiger partial charge in [0.25, 0.3) is 0 Å². The van der Waals surface area contributed by atoms with Crippen molar-refractivity contribution in [2.24, 2.45) is 0 Å². The van der Waals surface area contributed by atoms with E-state index in [1.54, 1.807) is 7.11 Å². The fraction of sp³-hybridized carbons (Fsp3) is 0.273. The Morgan fingerprint density at radius 1 is 1.56 bits per heavy atom. The van der Waals surface area contributed by atoms with Crippen molar-refractivity contribution >= 4 is 22.8 Å². The molecule has 4 nitrogen and oxygen atoms in total. The van der Waals surface area contributed by atoms with Crippen LogP contribution in [0, 0.1) is 11.3 Å². The van der Waals surface area contributed by atoms with Crippen LogP contribution < -0.4 is 4.74 Å². The molecule has 0 fully saturated rings. The summed E-state index contributed by atoms with van der Waals surface area (Å²) in [5.74, 6) is 0.793. The minimum Gasteiger partial charge on any atom is -0.497 e. The number of aromatic amines is 1. The maximum Gasteiger partial charge on any atom is 0.167 e. The molecule has 0 aliphatic heterocycles. The Bertz CT molecular complexity index is 544. The highest BCUT2D eigenvalue weighted by atomic mass is 32.2. The fourth-order valence-electron chi connectivity index (χ4n) is 1.34. The second-order valence-corrected chi connectivity index (χ2v) is 4.64. The van der Waals surface area contributed by atoms with Gasteiger partial charge in [-0.05, 0) is 19.1 Å². The van der Waals surface area contributed by atoms with E-state index in [1.807, 2.05) is 25.1 Å². The van der Waals surface area contributed by atoms with E-state index in [1.165, 1.54) is 11.8 Å². The third-order valence-electron chi connectivity index (χ3n) is 2.14. The van der Waals surface area contributed by atoms with E-state index in [9.17, 15) is 0 Å². The maximum atomic E-state index is 8.72. The van der Waals surface area contributed by atoms with Crippen molar-refractivity contribution < 1.29 is 4.74 Å². The van der Waals surface area contributed by atoms with Gasteiger partial charge in [0.2, 0.25) is 0 Å². The summed E-state index contributed by atoms with van der Waals surface area (Å²) in [5, 5.41) is 9.37. The number of aromatic nitrogens is 2. The van der Waals surface area contributed by atoms with E-state index in [0.29, 0.717) is 0 Å². The summed E-state index contributed by atoms with van der Waals surface area (Å²) in [6.07, 6.45) is 0. The van der Waals surface area contributed by atoms with Gasteiger partial charge in [0, 0.05) is 6.07 Å². The number of hydrogen-bond donors (Lipinski definition) is 1. The first-order valence-electron chi connectivity index (χ1n) is 4.83. The first-order chi connectivity index (χ1) is 7.72. The number of nitrogens with zero attached hydrogens (tertiary/aromatic N) is 2. The zero-order valence-electron chi connectivity index (χ0n) is 9.02. The SMILES string of the molecule is COc1ccc2nc(SC(C)C#N)[nH]c2c1. The Balaban J connectivity index is 2.33. The molecule has 2 aromatic rings. The number of fused-ring (bicyclic) bond motifs is 1. The molecule has 0 saturated carbocycles. The monoisotopic (exact) mass is 233 g/mol. The van der Waals surface area contributed by atoms with Crippen LogP contribution in [0.3, 0.4) is 0 Å². The normalized spacial score (nSPS) is 12.3. The second-order valence-electron chi connectivity index (χ2n) is 3.31. The Morgan fingerprint density at radius 3 is 3.06 bits per heavy atom. The van der Waals surface area contributed by atoms with E-state index in [-0.39, 0.29) is 5.25 Å². The van der Waals surface area contributed by atoms with Gasteiger partial charge in [-0.1, -0.05) is 11.8 Å². The third-order valence-corrected chi connectivity index (χ3v) is 3.01. The van der Waals surface area contributed by atoms with Crippen LogP contribution >= 0.6 is 11.8 Å². The number of thioether (sulfide) groups is 1. The molecule has 0 saturated heterocycles. The minimum absolute atomic E-state index is 0.109. The highest BCUT2D eigenvalue weighted by molar-refractivity contribution is 8.00. The maximum absolute atomic E-state index is 8.72. The van der Waals surface area contributed by atoms with Crippen LogP contribution in [0.1, 0.15) is 6.92 Å². The van der Waals surface area contributed by atoms with Gasteiger partial charge in [-0.3, -0.25) is 0 Å². The Morgan fingerprint density at radius 2 is 2.38 bits per heavy atom. The van der Waals surface area contributed by atoms with Gasteiger partial charge in [0.05, 0.1) is 29.5 Å². The molecule has 1 N–H and O–H groups in total. The topological polar surface area (TPSA) is 61.7 Å². The summed E-state index contributed by atoms with van der Waals surface area (Å²) in [6, 6.07) is 7.81. The number of imidazole rings is 1. The number of ether oxygens (including phenoxy) is 1. The molecule has 0 amide bonds. The average Bonchev–Trinajstić information content (AvgIpc) is 2.69. The van der Waals surface area contributed by atoms with Crippen molar-refractivity contribution in [2.75, 3.05) is 7.11 Å². The summed E-state index contributed by atoms with van der Waals surface area (Å²) in [6.45, 7) is 1.85. The van der Waals surface area contributed by atoms with Gasteiger partial charge in [-0.25, -0.2) is 4.98 Å². The van der Waals surface area contributed by atoms with Crippen molar-refractivity contribution in [3.05, 3.63) is 18.2 Å². The molecule has 0 aliphatic carbocycles. The van der Waals surface area contributed by atoms with E-state index in [0.717, 1.165) is 21.9 Å². The van der Waals surface area contributed by atoms with Gasteiger partial charge in [-0.2, -0.15) is 5.26 Å². The zero-order valence-corrected chi connectivity index (χ0v) is 9.84. The van der Waals surface area contributed by atoms with Crippen LogP contribution in [0.4, 0.5) is 0 Å². The quantitative estimate of drug-likeness (QED) is 0.828. The summed E-state index contributed by atoms with van der Waals surface area (Å²) >= 11 is 1.41. The average molecular weight is 233 g/mol. The van der Waals surface area contributed by atoms with E-state index >= 15 is 0 Å². The first-order valence-corrected chi connectivity index (χ1v) is 5.71. The number of nitriles is 1. The molecule has 82 valence electrons. The summed E-state index contributed by atoms with van der Waals surface area (Å²) < 4.78 is 5.13. The molecule has 1 aromatic carbocycles. The van der Waals surface area contributed by atoms with Crippen LogP contribution in [0.25, 0.3) is 11.0 Å². The third kappa shape index (κ3) is 2.12. The molecule has 5 heteroatoms. The summed E-state index contributed by atoms with van der Waals surface area (Å²) in [4.78, 5) is 7.53. The van der Waals surface area contributed by atoms with Crippen molar-refractivity contribution in [1.82, 2.24) is 9.97 Å². The number of rotatable bonds is 3. The van der Waals surface area contributed by atoms with Crippen molar-refractivity contribution in [3.8, 4) is 11.8 Å². The molecular weight excluding hydrogens is 222 g/mol. The molecule has 2 rings (SSSR count). The Labute approximate surface area is 97.6 Å². The second kappa shape index (κ2) is 4.45. The lowest BCUT2D eigenvalue weighted by atomic mass is 10.3. The molecule has 1 unspecified atom stereocenters. The highest BCUT2D eigenvalue weighted by Crippen LogP contribution is 2.25. The lowest BCUT2D eigenvalue weighted by Gasteiger charge is -1.97. The smallest absolute Gasteiger partial charge is 0.167 e. The van der Waals surface area contributed by atoms with Crippen molar-refractivity contribution in [3.63, 3.8) is 0 Å². The number of methoxy groups -OCH3 is 1. The van der Waals surface area contributed by atoms with Gasteiger partial charge < -0.3 is 9.72 Å². The van der Waals surface area contributed by atoms with Gasteiger partial charge in [0.1, 0.15) is 5.75 Å². The number of nitrogens with one attached hydrogen (secondary N) is 1. The highest BCUT2D eigenvalue weighted by Gasteiger charge is 2.08. The molecule has 0 radical (unpaired) electrons. The number of benzene rings is 1. The number of hydrogen-bond acceptors (Lipinski definition) is 4. The predicted molar refractivity (Wildman–Crippen MR) is 63.6 cm³/mol. The fourth-order valence-corrected chi connectivity index (χ4v) is 2.05. The van der Waals surface area contributed by atoms with E-state index in [4.69, 9.17) is 10.00 Å². The lowest BCUT2D eigenvalue weighted by molar-refractivity contribution is 0.415. The van der Waals surface area contributed by atoms with E-state index in [2.05, 4.69) is 16.0 Å². The zero-order chi connectivity index (χ0) is 11.5. The summed E-state index contributed by atoms with van der Waals surface area (Å²) in [5.41, 5.74) is 1.81. The molecule has 16 heavy (non-hydrogen) atoms. The van der Waals surface area contributed by atoms with E-state index < -0.39 is 0 Å². The van der Waals surface area contributed by atoms with Crippen molar-refractivity contribution in [1.29, 1.82) is 5.26 Å². The van der Waals surface area contributed by atoms with Gasteiger partial charge >= 0.3 is 0 Å². The number of H-pyrrole nitrogens is 1. The molecule has 0 aliphatic rings. The van der Waals surface area contributed by atoms with Crippen LogP contribution in [-0.2, 0) is 0 Å². The predicted octanol–water partition coefficient (Wildman–Crippen LogP) is 2.58. The largest absolute Gasteiger partial charge is 0.497 e. The van der Waals surface area contributed by atoms with Gasteiger partial charge in [0.15, 0.2) is 5.16 Å². The van der Waals surface area contributed by atoms with Gasteiger partial charge in [-0.15, -0.1) is 0 Å². The van der Waals surface area contributed by atoms with Crippen LogP contribution in [0.2, 0.25) is 0 Å². The Kier molecular flexibility index (Phi) is 3.02. The molecule has 0 bridgehead atoms. The molecule has 0 spiro atoms. The molecule has 1 atom stereocenters. The van der Waals surface area contributed by atoms with Crippen LogP contribution in [0.5, 0.6) is 5.75 Å². The Hall–Kier alpha value is -1.67. The molecule has 1 aromatic heterocycles. The molecule has 1 heterocycles. The summed E-state index contributed by atoms with van der Waals surface area (Å²) in [7, 11) is 1.63. The first kappa shape index (κ1) is 10.8. The van der Waals surface area contributed by atoms with Crippen molar-refractivity contribution in [2.45, 2.75) is 17.3 Å². The minimum atomic E-state index is -0.109. The standard InChI is InChI=1S/C11H11N3OS/c1-7(6-12)16-11-13-9-4-3-8(15-2)5-10(9)14-11/h3-5,7H,1-2H3,(H,13,14). The van der Waals surface area contributed by atoms with Crippen LogP contribution in [0.15, 0.2) is 23.4 Å².